The Balaban J connectivity index is 1.51. The van der Waals surface area contributed by atoms with Crippen molar-refractivity contribution in [1.82, 2.24) is 24.7 Å². The minimum Gasteiger partial charge on any atom is -0.325 e. The molecule has 1 amide bonds. The molecular formula is C20H18N6OS. The fraction of sp³-hybridized carbons (Fsp3) is 0.150. The number of thioether (sulfide) groups is 1. The first-order valence-corrected chi connectivity index (χ1v) is 9.85. The van der Waals surface area contributed by atoms with Crippen molar-refractivity contribution in [3.63, 3.8) is 0 Å². The van der Waals surface area contributed by atoms with Crippen LogP contribution in [0.3, 0.4) is 0 Å². The summed E-state index contributed by atoms with van der Waals surface area (Å²) in [5, 5.41) is 13.1. The third-order valence-corrected chi connectivity index (χ3v) is 5.11. The van der Waals surface area contributed by atoms with Crippen LogP contribution in [0.4, 0.5) is 5.69 Å². The Morgan fingerprint density at radius 2 is 1.96 bits per heavy atom. The van der Waals surface area contributed by atoms with Gasteiger partial charge in [-0.05, 0) is 37.3 Å². The first kappa shape index (κ1) is 18.1. The quantitative estimate of drug-likeness (QED) is 0.506. The van der Waals surface area contributed by atoms with Crippen LogP contribution in [-0.4, -0.2) is 36.4 Å². The minimum atomic E-state index is -0.0866. The van der Waals surface area contributed by atoms with Crippen molar-refractivity contribution in [2.24, 2.45) is 0 Å². The molecule has 0 atom stereocenters. The van der Waals surface area contributed by atoms with Crippen LogP contribution in [0.5, 0.6) is 0 Å². The maximum absolute atomic E-state index is 12.2. The van der Waals surface area contributed by atoms with E-state index in [-0.39, 0.29) is 11.7 Å². The van der Waals surface area contributed by atoms with Gasteiger partial charge < -0.3 is 9.88 Å². The fourth-order valence-electron chi connectivity index (χ4n) is 2.81. The van der Waals surface area contributed by atoms with Crippen LogP contribution in [0.15, 0.2) is 66.1 Å². The number of para-hydroxylation sites is 1. The lowest BCUT2D eigenvalue weighted by atomic mass is 10.2. The second-order valence-corrected chi connectivity index (χ2v) is 6.96. The number of amides is 1. The molecule has 28 heavy (non-hydrogen) atoms. The molecule has 0 aliphatic carbocycles. The maximum atomic E-state index is 12.2. The second-order valence-electron chi connectivity index (χ2n) is 6.02. The van der Waals surface area contributed by atoms with Crippen LogP contribution < -0.4 is 5.32 Å². The second kappa shape index (κ2) is 8.18. The van der Waals surface area contributed by atoms with E-state index in [1.807, 2.05) is 60.0 Å². The van der Waals surface area contributed by atoms with Crippen LogP contribution in [0.25, 0.3) is 22.4 Å². The molecule has 0 radical (unpaired) electrons. The number of fused-ring (bicyclic) bond motifs is 1. The normalized spacial score (nSPS) is 10.9. The maximum Gasteiger partial charge on any atom is 0.234 e. The van der Waals surface area contributed by atoms with E-state index in [4.69, 9.17) is 0 Å². The topological polar surface area (TPSA) is 85.6 Å². The Kier molecular flexibility index (Phi) is 5.29. The molecule has 0 spiro atoms. The summed E-state index contributed by atoms with van der Waals surface area (Å²) >= 11 is 1.35. The molecule has 8 heteroatoms. The average molecular weight is 390 g/mol. The lowest BCUT2D eigenvalue weighted by Crippen LogP contribution is -2.14. The highest BCUT2D eigenvalue weighted by molar-refractivity contribution is 7.99. The standard InChI is InChI=1S/C20H18N6OS/c1-2-26-19(17-11-16-14(12-22-17)7-6-10-21-16)24-25-20(26)28-13-18(27)23-15-8-4-3-5-9-15/h3-12H,2,13H2,1H3,(H,23,27). The van der Waals surface area contributed by atoms with Crippen molar-refractivity contribution >= 4 is 34.3 Å². The van der Waals surface area contributed by atoms with Crippen LogP contribution in [0, 0.1) is 0 Å². The van der Waals surface area contributed by atoms with E-state index < -0.39 is 0 Å². The van der Waals surface area contributed by atoms with Crippen LogP contribution in [-0.2, 0) is 11.3 Å². The zero-order chi connectivity index (χ0) is 19.3. The van der Waals surface area contributed by atoms with E-state index in [0.717, 1.165) is 16.6 Å². The highest BCUT2D eigenvalue weighted by Gasteiger charge is 2.16. The first-order chi connectivity index (χ1) is 13.7. The highest BCUT2D eigenvalue weighted by Crippen LogP contribution is 2.24. The van der Waals surface area contributed by atoms with Crippen LogP contribution >= 0.6 is 11.8 Å². The largest absolute Gasteiger partial charge is 0.325 e. The van der Waals surface area contributed by atoms with E-state index >= 15 is 0 Å². The summed E-state index contributed by atoms with van der Waals surface area (Å²) in [6.07, 6.45) is 3.54. The number of hydrogen-bond donors (Lipinski definition) is 1. The summed E-state index contributed by atoms with van der Waals surface area (Å²) in [5.41, 5.74) is 2.34. The van der Waals surface area contributed by atoms with E-state index in [1.54, 1.807) is 12.4 Å². The van der Waals surface area contributed by atoms with E-state index in [1.165, 1.54) is 11.8 Å². The van der Waals surface area contributed by atoms with Gasteiger partial charge in [-0.1, -0.05) is 30.0 Å². The zero-order valence-electron chi connectivity index (χ0n) is 15.2. The Morgan fingerprint density at radius 1 is 1.11 bits per heavy atom. The number of carbonyl (C=O) groups is 1. The van der Waals surface area contributed by atoms with Gasteiger partial charge in [0.15, 0.2) is 11.0 Å². The van der Waals surface area contributed by atoms with E-state index in [9.17, 15) is 4.79 Å². The molecule has 4 rings (SSSR count). The number of anilines is 1. The Labute approximate surface area is 166 Å². The van der Waals surface area contributed by atoms with Gasteiger partial charge in [-0.3, -0.25) is 14.8 Å². The number of aromatic nitrogens is 5. The van der Waals surface area contributed by atoms with Gasteiger partial charge in [-0.25, -0.2) is 0 Å². The molecule has 3 aromatic heterocycles. The van der Waals surface area contributed by atoms with E-state index in [0.29, 0.717) is 23.2 Å². The molecule has 0 saturated heterocycles. The summed E-state index contributed by atoms with van der Waals surface area (Å²) in [4.78, 5) is 21.1. The summed E-state index contributed by atoms with van der Waals surface area (Å²) in [6, 6.07) is 15.1. The number of hydrogen-bond acceptors (Lipinski definition) is 6. The third kappa shape index (κ3) is 3.86. The number of rotatable bonds is 6. The summed E-state index contributed by atoms with van der Waals surface area (Å²) in [6.45, 7) is 2.69. The third-order valence-electron chi connectivity index (χ3n) is 4.14. The molecule has 0 fully saturated rings. The molecule has 0 unspecified atom stereocenters. The number of nitrogens with one attached hydrogen (secondary N) is 1. The molecule has 140 valence electrons. The van der Waals surface area contributed by atoms with Gasteiger partial charge in [-0.15, -0.1) is 10.2 Å². The van der Waals surface area contributed by atoms with Crippen molar-refractivity contribution in [2.45, 2.75) is 18.6 Å². The Hall–Kier alpha value is -3.26. The Morgan fingerprint density at radius 3 is 2.79 bits per heavy atom. The van der Waals surface area contributed by atoms with Gasteiger partial charge in [0.25, 0.3) is 0 Å². The monoisotopic (exact) mass is 390 g/mol. The van der Waals surface area contributed by atoms with Crippen molar-refractivity contribution in [3.8, 4) is 11.5 Å². The van der Waals surface area contributed by atoms with Crippen molar-refractivity contribution in [1.29, 1.82) is 0 Å². The van der Waals surface area contributed by atoms with Gasteiger partial charge in [0.05, 0.1) is 11.3 Å². The van der Waals surface area contributed by atoms with Crippen LogP contribution in [0.1, 0.15) is 6.92 Å². The molecule has 0 bridgehead atoms. The van der Waals surface area contributed by atoms with Gasteiger partial charge in [0.1, 0.15) is 5.69 Å². The Bertz CT molecular complexity index is 1110. The molecular weight excluding hydrogens is 372 g/mol. The zero-order valence-corrected chi connectivity index (χ0v) is 16.1. The molecule has 1 aromatic carbocycles. The molecule has 4 aromatic rings. The molecule has 0 aliphatic heterocycles. The smallest absolute Gasteiger partial charge is 0.234 e. The summed E-state index contributed by atoms with van der Waals surface area (Å²) in [7, 11) is 0. The lowest BCUT2D eigenvalue weighted by Gasteiger charge is -2.08. The molecule has 7 nitrogen and oxygen atoms in total. The number of nitrogens with zero attached hydrogens (tertiary/aromatic N) is 5. The average Bonchev–Trinajstić information content (AvgIpc) is 3.15. The summed E-state index contributed by atoms with van der Waals surface area (Å²) < 4.78 is 1.96. The minimum absolute atomic E-state index is 0.0866. The molecule has 0 saturated carbocycles. The highest BCUT2D eigenvalue weighted by atomic mass is 32.2. The number of pyridine rings is 2. The SMILES string of the molecule is CCn1c(SCC(=O)Nc2ccccc2)nnc1-c1cc2ncccc2cn1. The fourth-order valence-corrected chi connectivity index (χ4v) is 3.61. The van der Waals surface area contributed by atoms with Crippen molar-refractivity contribution < 1.29 is 4.79 Å². The van der Waals surface area contributed by atoms with Gasteiger partial charge in [0.2, 0.25) is 5.91 Å². The first-order valence-electron chi connectivity index (χ1n) is 8.86. The molecule has 3 heterocycles. The van der Waals surface area contributed by atoms with Crippen molar-refractivity contribution in [3.05, 3.63) is 60.9 Å². The van der Waals surface area contributed by atoms with E-state index in [2.05, 4.69) is 25.5 Å². The lowest BCUT2D eigenvalue weighted by molar-refractivity contribution is -0.113. The predicted octanol–water partition coefficient (Wildman–Crippen LogP) is 3.64. The van der Waals surface area contributed by atoms with Gasteiger partial charge >= 0.3 is 0 Å². The molecule has 0 aliphatic rings. The molecule has 1 N–H and O–H groups in total. The van der Waals surface area contributed by atoms with Gasteiger partial charge in [-0.2, -0.15) is 0 Å². The van der Waals surface area contributed by atoms with Crippen molar-refractivity contribution in [2.75, 3.05) is 11.1 Å². The number of carbonyl (C=O) groups excluding carboxylic acids is 1. The van der Waals surface area contributed by atoms with Crippen LogP contribution in [0.2, 0.25) is 0 Å². The predicted molar refractivity (Wildman–Crippen MR) is 110 cm³/mol. The summed E-state index contributed by atoms with van der Waals surface area (Å²) in [5.74, 6) is 0.831. The number of benzene rings is 1. The van der Waals surface area contributed by atoms with Gasteiger partial charge in [0, 0.05) is 30.0 Å².